The minimum atomic E-state index is -0.0924. The van der Waals surface area contributed by atoms with Gasteiger partial charge in [-0.2, -0.15) is 0 Å². The number of rotatable bonds is 3. The van der Waals surface area contributed by atoms with Crippen LogP contribution in [-0.4, -0.2) is 12.9 Å². The van der Waals surface area contributed by atoms with Crippen LogP contribution in [0.4, 0.5) is 0 Å². The summed E-state index contributed by atoms with van der Waals surface area (Å²) in [7, 11) is 0. The Hall–Kier alpha value is -1.12. The third-order valence-corrected chi connectivity index (χ3v) is 2.42. The summed E-state index contributed by atoms with van der Waals surface area (Å²) in [5.74, 6) is 0. The Morgan fingerprint density at radius 1 is 1.33 bits per heavy atom. The van der Waals surface area contributed by atoms with E-state index in [-0.39, 0.29) is 12.4 Å². The summed E-state index contributed by atoms with van der Waals surface area (Å²) in [6.07, 6.45) is 5.01. The molecule has 2 atom stereocenters. The quantitative estimate of drug-likeness (QED) is 0.704. The van der Waals surface area contributed by atoms with Gasteiger partial charge < -0.3 is 9.47 Å². The van der Waals surface area contributed by atoms with Crippen molar-refractivity contribution < 1.29 is 9.47 Å². The Bertz CT molecular complexity index is 319. The van der Waals surface area contributed by atoms with Crippen LogP contribution in [0, 0.1) is 0 Å². The topological polar surface area (TPSA) is 18.5 Å². The first-order valence-corrected chi connectivity index (χ1v) is 5.39. The first-order chi connectivity index (χ1) is 7.40. The van der Waals surface area contributed by atoms with Crippen molar-refractivity contribution in [3.05, 3.63) is 48.0 Å². The van der Waals surface area contributed by atoms with E-state index in [0.717, 1.165) is 6.42 Å². The van der Waals surface area contributed by atoms with Crippen molar-refractivity contribution in [3.8, 4) is 0 Å². The zero-order valence-electron chi connectivity index (χ0n) is 8.93. The van der Waals surface area contributed by atoms with Gasteiger partial charge in [-0.25, -0.2) is 0 Å². The van der Waals surface area contributed by atoms with Gasteiger partial charge in [0.25, 0.3) is 0 Å². The maximum absolute atomic E-state index is 5.80. The molecule has 0 aromatic heterocycles. The van der Waals surface area contributed by atoms with Gasteiger partial charge in [0.05, 0.1) is 0 Å². The highest BCUT2D eigenvalue weighted by atomic mass is 16.7. The van der Waals surface area contributed by atoms with Crippen LogP contribution in [0.15, 0.2) is 42.5 Å². The largest absolute Gasteiger partial charge is 0.353 e. The average Bonchev–Trinajstić information content (AvgIpc) is 2.31. The molecule has 0 radical (unpaired) electrons. The fourth-order valence-electron chi connectivity index (χ4n) is 1.70. The predicted molar refractivity (Wildman–Crippen MR) is 59.4 cm³/mol. The van der Waals surface area contributed by atoms with Crippen molar-refractivity contribution >= 4 is 0 Å². The molecule has 0 N–H and O–H groups in total. The number of benzene rings is 1. The summed E-state index contributed by atoms with van der Waals surface area (Å²) in [6, 6.07) is 10.2. The lowest BCUT2D eigenvalue weighted by Crippen LogP contribution is -2.22. The summed E-state index contributed by atoms with van der Waals surface area (Å²) in [5.41, 5.74) is 1.18. The number of ether oxygens (including phenoxy) is 2. The Morgan fingerprint density at radius 3 is 2.87 bits per heavy atom. The van der Waals surface area contributed by atoms with Crippen molar-refractivity contribution in [2.75, 3.05) is 6.61 Å². The van der Waals surface area contributed by atoms with E-state index >= 15 is 0 Å². The van der Waals surface area contributed by atoms with Gasteiger partial charge in [-0.15, -0.1) is 0 Å². The van der Waals surface area contributed by atoms with Crippen molar-refractivity contribution in [2.45, 2.75) is 25.7 Å². The summed E-state index contributed by atoms with van der Waals surface area (Å²) in [6.45, 7) is 2.68. The molecule has 0 unspecified atom stereocenters. The maximum atomic E-state index is 5.80. The van der Waals surface area contributed by atoms with Gasteiger partial charge in [0.15, 0.2) is 6.29 Å². The number of hydrogen-bond donors (Lipinski definition) is 0. The molecule has 1 aliphatic heterocycles. The Kier molecular flexibility index (Phi) is 3.54. The monoisotopic (exact) mass is 204 g/mol. The van der Waals surface area contributed by atoms with Gasteiger partial charge in [-0.05, 0) is 12.5 Å². The van der Waals surface area contributed by atoms with E-state index in [2.05, 4.69) is 24.3 Å². The van der Waals surface area contributed by atoms with E-state index in [1.807, 2.05) is 25.1 Å². The molecule has 0 amide bonds. The Morgan fingerprint density at radius 2 is 2.13 bits per heavy atom. The van der Waals surface area contributed by atoms with E-state index < -0.39 is 0 Å². The summed E-state index contributed by atoms with van der Waals surface area (Å²) in [5, 5.41) is 0. The first-order valence-electron chi connectivity index (χ1n) is 5.39. The van der Waals surface area contributed by atoms with E-state index in [1.54, 1.807) is 0 Å². The van der Waals surface area contributed by atoms with E-state index in [4.69, 9.17) is 9.47 Å². The Balaban J connectivity index is 2.05. The van der Waals surface area contributed by atoms with Crippen LogP contribution < -0.4 is 0 Å². The first kappa shape index (κ1) is 10.4. The van der Waals surface area contributed by atoms with Crippen LogP contribution in [0.5, 0.6) is 0 Å². The molecule has 2 heteroatoms. The number of hydrogen-bond acceptors (Lipinski definition) is 2. The molecule has 1 aromatic carbocycles. The standard InChI is InChI=1S/C13H16O2/c1-2-14-13-10-6-9-12(15-13)11-7-4-3-5-8-11/h3-9,12-13H,2,10H2,1H3/t12-,13-/m1/s1. The van der Waals surface area contributed by atoms with E-state index in [0.29, 0.717) is 6.61 Å². The molecule has 0 aliphatic carbocycles. The molecule has 0 saturated carbocycles. The van der Waals surface area contributed by atoms with Crippen LogP contribution in [-0.2, 0) is 9.47 Å². The molecule has 0 fully saturated rings. The lowest BCUT2D eigenvalue weighted by molar-refractivity contribution is -0.162. The molecule has 2 nitrogen and oxygen atoms in total. The van der Waals surface area contributed by atoms with Crippen LogP contribution in [0.25, 0.3) is 0 Å². The van der Waals surface area contributed by atoms with Crippen molar-refractivity contribution in [1.82, 2.24) is 0 Å². The van der Waals surface area contributed by atoms with Gasteiger partial charge in [-0.3, -0.25) is 0 Å². The minimum Gasteiger partial charge on any atom is -0.353 e. The van der Waals surface area contributed by atoms with E-state index in [1.165, 1.54) is 5.56 Å². The molecule has 1 aliphatic rings. The van der Waals surface area contributed by atoms with Crippen molar-refractivity contribution in [2.24, 2.45) is 0 Å². The Labute approximate surface area is 90.5 Å². The maximum Gasteiger partial charge on any atom is 0.162 e. The molecule has 2 rings (SSSR count). The zero-order valence-corrected chi connectivity index (χ0v) is 8.93. The van der Waals surface area contributed by atoms with Crippen LogP contribution >= 0.6 is 0 Å². The van der Waals surface area contributed by atoms with Gasteiger partial charge >= 0.3 is 0 Å². The fourth-order valence-corrected chi connectivity index (χ4v) is 1.70. The van der Waals surface area contributed by atoms with Gasteiger partial charge in [0.2, 0.25) is 0 Å². The van der Waals surface area contributed by atoms with Gasteiger partial charge in [0.1, 0.15) is 6.10 Å². The van der Waals surface area contributed by atoms with Gasteiger partial charge in [0, 0.05) is 13.0 Å². The third kappa shape index (κ3) is 2.67. The minimum absolute atomic E-state index is 0.0384. The lowest BCUT2D eigenvalue weighted by atomic mass is 10.1. The normalized spacial score (nSPS) is 25.4. The highest BCUT2D eigenvalue weighted by molar-refractivity contribution is 5.22. The fraction of sp³-hybridized carbons (Fsp3) is 0.385. The lowest BCUT2D eigenvalue weighted by Gasteiger charge is -2.25. The highest BCUT2D eigenvalue weighted by Crippen LogP contribution is 2.26. The van der Waals surface area contributed by atoms with E-state index in [9.17, 15) is 0 Å². The SMILES string of the molecule is CCO[C@H]1CC=C[C@H](c2ccccc2)O1. The second kappa shape index (κ2) is 5.10. The molecule has 0 saturated heterocycles. The molecular formula is C13H16O2. The zero-order chi connectivity index (χ0) is 10.5. The third-order valence-electron chi connectivity index (χ3n) is 2.42. The summed E-state index contributed by atoms with van der Waals surface area (Å²) < 4.78 is 11.3. The summed E-state index contributed by atoms with van der Waals surface area (Å²) in [4.78, 5) is 0. The molecule has 1 aromatic rings. The second-order valence-electron chi connectivity index (χ2n) is 3.52. The van der Waals surface area contributed by atoms with Crippen molar-refractivity contribution in [1.29, 1.82) is 0 Å². The molecule has 0 bridgehead atoms. The van der Waals surface area contributed by atoms with Crippen LogP contribution in [0.3, 0.4) is 0 Å². The molecular weight excluding hydrogens is 188 g/mol. The molecule has 0 spiro atoms. The van der Waals surface area contributed by atoms with Gasteiger partial charge in [-0.1, -0.05) is 42.5 Å². The molecule has 1 heterocycles. The van der Waals surface area contributed by atoms with Crippen LogP contribution in [0.1, 0.15) is 25.0 Å². The average molecular weight is 204 g/mol. The van der Waals surface area contributed by atoms with Crippen molar-refractivity contribution in [3.63, 3.8) is 0 Å². The molecule has 80 valence electrons. The van der Waals surface area contributed by atoms with Crippen LogP contribution in [0.2, 0.25) is 0 Å². The predicted octanol–water partition coefficient (Wildman–Crippen LogP) is 3.07. The second-order valence-corrected chi connectivity index (χ2v) is 3.52. The summed E-state index contributed by atoms with van der Waals surface area (Å²) >= 11 is 0. The smallest absolute Gasteiger partial charge is 0.162 e. The molecule has 15 heavy (non-hydrogen) atoms. The highest BCUT2D eigenvalue weighted by Gasteiger charge is 2.18.